The Kier molecular flexibility index (Phi) is 3.20. The first-order chi connectivity index (χ1) is 7.54. The molecule has 2 rings (SSSR count). The quantitative estimate of drug-likeness (QED) is 0.741. The highest BCUT2D eigenvalue weighted by Crippen LogP contribution is 2.47. The lowest BCUT2D eigenvalue weighted by molar-refractivity contribution is 0.481. The zero-order valence-corrected chi connectivity index (χ0v) is 11.5. The number of rotatable bonds is 2. The third-order valence-electron chi connectivity index (χ3n) is 2.93. The molecule has 88 valence electrons. The minimum atomic E-state index is 0.208. The van der Waals surface area contributed by atoms with Crippen LogP contribution in [0.3, 0.4) is 0 Å². The first-order valence-corrected chi connectivity index (χ1v) is 6.97. The Bertz CT molecular complexity index is 367. The van der Waals surface area contributed by atoms with E-state index in [-0.39, 0.29) is 5.54 Å². The molecule has 0 saturated heterocycles. The molecule has 0 bridgehead atoms. The van der Waals surface area contributed by atoms with E-state index in [1.54, 1.807) is 0 Å². The van der Waals surface area contributed by atoms with Crippen molar-refractivity contribution in [3.8, 4) is 0 Å². The highest BCUT2D eigenvalue weighted by Gasteiger charge is 2.35. The molecule has 0 saturated carbocycles. The second-order valence-corrected chi connectivity index (χ2v) is 6.59. The third kappa shape index (κ3) is 2.08. The first kappa shape index (κ1) is 11.8. The van der Waals surface area contributed by atoms with E-state index in [2.05, 4.69) is 56.9 Å². The molecule has 1 aliphatic rings. The van der Waals surface area contributed by atoms with E-state index < -0.39 is 0 Å². The Hall–Kier alpha value is -0.630. The normalized spacial score (nSPS) is 20.0. The molecule has 1 unspecified atom stereocenters. The van der Waals surface area contributed by atoms with Crippen LogP contribution in [0.5, 0.6) is 0 Å². The van der Waals surface area contributed by atoms with E-state index in [9.17, 15) is 0 Å². The maximum absolute atomic E-state index is 2.58. The molecule has 0 radical (unpaired) electrons. The van der Waals surface area contributed by atoms with Crippen LogP contribution in [-0.2, 0) is 0 Å². The molecule has 1 nitrogen and oxygen atoms in total. The van der Waals surface area contributed by atoms with Gasteiger partial charge < -0.3 is 4.90 Å². The molecule has 0 fully saturated rings. The van der Waals surface area contributed by atoms with E-state index in [1.807, 2.05) is 11.8 Å². The monoisotopic (exact) mass is 235 g/mol. The summed E-state index contributed by atoms with van der Waals surface area (Å²) >= 11 is 2.02. The van der Waals surface area contributed by atoms with Gasteiger partial charge in [0.1, 0.15) is 0 Å². The molecule has 1 aliphatic heterocycles. The van der Waals surface area contributed by atoms with Gasteiger partial charge in [-0.05, 0) is 39.3 Å². The van der Waals surface area contributed by atoms with Crippen molar-refractivity contribution in [2.24, 2.45) is 0 Å². The van der Waals surface area contributed by atoms with E-state index in [0.29, 0.717) is 5.37 Å². The van der Waals surface area contributed by atoms with Crippen molar-refractivity contribution in [3.63, 3.8) is 0 Å². The van der Waals surface area contributed by atoms with Gasteiger partial charge in [-0.2, -0.15) is 0 Å². The van der Waals surface area contributed by atoms with Crippen molar-refractivity contribution in [3.05, 3.63) is 24.3 Å². The fourth-order valence-corrected chi connectivity index (χ4v) is 3.96. The van der Waals surface area contributed by atoms with Crippen LogP contribution in [0.15, 0.2) is 29.2 Å². The van der Waals surface area contributed by atoms with Crippen LogP contribution in [0.1, 0.15) is 40.5 Å². The molecular weight excluding hydrogens is 214 g/mol. The smallest absolute Gasteiger partial charge is 0.0803 e. The summed E-state index contributed by atoms with van der Waals surface area (Å²) in [6.45, 7) is 9.18. The first-order valence-electron chi connectivity index (χ1n) is 6.09. The lowest BCUT2D eigenvalue weighted by Crippen LogP contribution is -2.44. The summed E-state index contributed by atoms with van der Waals surface area (Å²) in [5, 5.41) is 0.613. The predicted molar refractivity (Wildman–Crippen MR) is 73.2 cm³/mol. The van der Waals surface area contributed by atoms with Gasteiger partial charge >= 0.3 is 0 Å². The summed E-state index contributed by atoms with van der Waals surface area (Å²) in [6, 6.07) is 8.78. The average molecular weight is 235 g/mol. The summed E-state index contributed by atoms with van der Waals surface area (Å²) in [4.78, 5) is 4.02. The number of nitrogens with zero attached hydrogens (tertiary/aromatic N) is 1. The third-order valence-corrected chi connectivity index (χ3v) is 4.25. The molecule has 0 aliphatic carbocycles. The van der Waals surface area contributed by atoms with Crippen molar-refractivity contribution < 1.29 is 0 Å². The number of hydrogen-bond acceptors (Lipinski definition) is 2. The summed E-state index contributed by atoms with van der Waals surface area (Å²) in [6.07, 6.45) is 2.51. The Morgan fingerprint density at radius 2 is 1.94 bits per heavy atom. The largest absolute Gasteiger partial charge is 0.353 e. The van der Waals surface area contributed by atoms with Gasteiger partial charge in [0.25, 0.3) is 0 Å². The van der Waals surface area contributed by atoms with Crippen molar-refractivity contribution >= 4 is 17.4 Å². The van der Waals surface area contributed by atoms with Crippen molar-refractivity contribution in [1.29, 1.82) is 0 Å². The van der Waals surface area contributed by atoms with Gasteiger partial charge in [0, 0.05) is 10.4 Å². The van der Waals surface area contributed by atoms with E-state index in [4.69, 9.17) is 0 Å². The zero-order valence-electron chi connectivity index (χ0n) is 10.7. The Morgan fingerprint density at radius 3 is 2.56 bits per heavy atom. The zero-order chi connectivity index (χ0) is 11.8. The molecule has 1 heterocycles. The van der Waals surface area contributed by atoms with Crippen LogP contribution in [-0.4, -0.2) is 10.9 Å². The summed E-state index contributed by atoms with van der Waals surface area (Å²) in [5.74, 6) is 0. The lowest BCUT2D eigenvalue weighted by Gasteiger charge is -2.39. The fourth-order valence-electron chi connectivity index (χ4n) is 2.34. The van der Waals surface area contributed by atoms with Crippen LogP contribution in [0.4, 0.5) is 5.69 Å². The van der Waals surface area contributed by atoms with Gasteiger partial charge in [-0.1, -0.05) is 37.2 Å². The maximum Gasteiger partial charge on any atom is 0.0803 e. The van der Waals surface area contributed by atoms with E-state index in [1.165, 1.54) is 23.4 Å². The standard InChI is InChI=1S/C14H21NS/c1-5-8-13-15(14(2,3)4)11-9-6-7-10-12(11)16-13/h6-7,9-10,13H,5,8H2,1-4H3. The SMILES string of the molecule is CCCC1Sc2ccccc2N1C(C)(C)C. The Balaban J connectivity index is 2.36. The summed E-state index contributed by atoms with van der Waals surface area (Å²) < 4.78 is 0. The van der Waals surface area contributed by atoms with E-state index >= 15 is 0 Å². The van der Waals surface area contributed by atoms with Gasteiger partial charge in [0.2, 0.25) is 0 Å². The molecule has 1 atom stereocenters. The molecular formula is C14H21NS. The fraction of sp³-hybridized carbons (Fsp3) is 0.571. The van der Waals surface area contributed by atoms with Crippen LogP contribution in [0.2, 0.25) is 0 Å². The van der Waals surface area contributed by atoms with Crippen LogP contribution in [0, 0.1) is 0 Å². The number of benzene rings is 1. The molecule has 0 amide bonds. The summed E-state index contributed by atoms with van der Waals surface area (Å²) in [5.41, 5.74) is 1.62. The lowest BCUT2D eigenvalue weighted by atomic mass is 10.0. The highest BCUT2D eigenvalue weighted by atomic mass is 32.2. The van der Waals surface area contributed by atoms with Gasteiger partial charge in [-0.15, -0.1) is 0 Å². The molecule has 2 heteroatoms. The van der Waals surface area contributed by atoms with Crippen molar-refractivity contribution in [2.45, 2.75) is 56.3 Å². The van der Waals surface area contributed by atoms with Crippen LogP contribution >= 0.6 is 11.8 Å². The van der Waals surface area contributed by atoms with Crippen molar-refractivity contribution in [1.82, 2.24) is 0 Å². The number of hydrogen-bond donors (Lipinski definition) is 0. The molecule has 1 aromatic rings. The Morgan fingerprint density at radius 1 is 1.25 bits per heavy atom. The second kappa shape index (κ2) is 4.33. The van der Waals surface area contributed by atoms with Gasteiger partial charge in [-0.3, -0.25) is 0 Å². The molecule has 0 N–H and O–H groups in total. The topological polar surface area (TPSA) is 3.24 Å². The predicted octanol–water partition coefficient (Wildman–Crippen LogP) is 4.52. The van der Waals surface area contributed by atoms with Crippen LogP contribution < -0.4 is 4.90 Å². The number of para-hydroxylation sites is 1. The molecule has 0 aromatic heterocycles. The molecule has 16 heavy (non-hydrogen) atoms. The second-order valence-electron chi connectivity index (χ2n) is 5.37. The summed E-state index contributed by atoms with van der Waals surface area (Å²) in [7, 11) is 0. The van der Waals surface area contributed by atoms with E-state index in [0.717, 1.165) is 0 Å². The molecule has 1 aromatic carbocycles. The van der Waals surface area contributed by atoms with Crippen LogP contribution in [0.25, 0.3) is 0 Å². The minimum Gasteiger partial charge on any atom is -0.353 e. The number of anilines is 1. The van der Waals surface area contributed by atoms with Crippen molar-refractivity contribution in [2.75, 3.05) is 4.90 Å². The maximum atomic E-state index is 2.58. The highest BCUT2D eigenvalue weighted by molar-refractivity contribution is 8.00. The van der Waals surface area contributed by atoms with Gasteiger partial charge in [0.15, 0.2) is 0 Å². The number of fused-ring (bicyclic) bond motifs is 1. The van der Waals surface area contributed by atoms with Gasteiger partial charge in [0.05, 0.1) is 11.1 Å². The minimum absolute atomic E-state index is 0.208. The molecule has 0 spiro atoms. The average Bonchev–Trinajstić information content (AvgIpc) is 2.55. The van der Waals surface area contributed by atoms with Gasteiger partial charge in [-0.25, -0.2) is 0 Å². The Labute approximate surface area is 103 Å². The number of thioether (sulfide) groups is 1.